The molecule has 102 valence electrons. The van der Waals surface area contributed by atoms with Gasteiger partial charge in [0.2, 0.25) is 5.88 Å². The molecular weight excluding hydrogens is 228 g/mol. The molecule has 0 aliphatic carbocycles. The summed E-state index contributed by atoms with van der Waals surface area (Å²) >= 11 is 0. The van der Waals surface area contributed by atoms with Crippen LogP contribution >= 0.6 is 0 Å². The first kappa shape index (κ1) is 14.9. The summed E-state index contributed by atoms with van der Waals surface area (Å²) in [7, 11) is 2.07. The van der Waals surface area contributed by atoms with Crippen LogP contribution in [0.2, 0.25) is 0 Å². The third-order valence-electron chi connectivity index (χ3n) is 2.84. The average Bonchev–Trinajstić information content (AvgIpc) is 2.38. The number of hydrogen-bond donors (Lipinski definition) is 1. The lowest BCUT2D eigenvalue weighted by molar-refractivity contribution is 0.0878. The number of rotatable bonds is 2. The van der Waals surface area contributed by atoms with Gasteiger partial charge < -0.3 is 15.4 Å². The minimum atomic E-state index is 0.0434. The second-order valence-corrected chi connectivity index (χ2v) is 4.38. The first-order chi connectivity index (χ1) is 8.65. The van der Waals surface area contributed by atoms with Crippen molar-refractivity contribution >= 4 is 0 Å². The highest BCUT2D eigenvalue weighted by molar-refractivity contribution is 5.11. The van der Waals surface area contributed by atoms with Crippen LogP contribution in [0.25, 0.3) is 0 Å². The van der Waals surface area contributed by atoms with Crippen LogP contribution < -0.4 is 10.5 Å². The number of likely N-dealkylation sites (tertiary alicyclic amines) is 1. The number of piperidine rings is 1. The quantitative estimate of drug-likeness (QED) is 0.857. The number of nitrogens with zero attached hydrogens (tertiary/aromatic N) is 3. The number of aryl methyl sites for hydroxylation is 1. The predicted octanol–water partition coefficient (Wildman–Crippen LogP) is 1.22. The molecular formula is C13H24N4O. The summed E-state index contributed by atoms with van der Waals surface area (Å²) in [5, 5.41) is 7.94. The van der Waals surface area contributed by atoms with Crippen molar-refractivity contribution in [3.63, 3.8) is 0 Å². The number of nitrogens with two attached hydrogens (primary N) is 1. The Morgan fingerprint density at radius 2 is 2.06 bits per heavy atom. The lowest BCUT2D eigenvalue weighted by atomic mass is 10.0. The highest BCUT2D eigenvalue weighted by atomic mass is 16.5. The van der Waals surface area contributed by atoms with Gasteiger partial charge in [0.1, 0.15) is 6.10 Å². The normalized spacial score (nSPS) is 24.1. The van der Waals surface area contributed by atoms with E-state index in [1.807, 2.05) is 32.9 Å². The number of ether oxygens (including phenoxy) is 1. The molecule has 0 radical (unpaired) electrons. The molecule has 2 atom stereocenters. The molecule has 0 bridgehead atoms. The topological polar surface area (TPSA) is 64.3 Å². The molecule has 5 heteroatoms. The molecule has 18 heavy (non-hydrogen) atoms. The molecule has 2 rings (SSSR count). The third-order valence-corrected chi connectivity index (χ3v) is 2.84. The fraction of sp³-hybridized carbons (Fsp3) is 0.692. The van der Waals surface area contributed by atoms with Gasteiger partial charge in [0, 0.05) is 19.2 Å². The van der Waals surface area contributed by atoms with E-state index in [4.69, 9.17) is 10.5 Å². The zero-order valence-electron chi connectivity index (χ0n) is 11.8. The Hall–Kier alpha value is -1.20. The second kappa shape index (κ2) is 7.28. The van der Waals surface area contributed by atoms with Crippen molar-refractivity contribution in [3.05, 3.63) is 17.8 Å². The standard InChI is InChI=1S/C11H18N4O.C2H6/c1-8-3-4-11(14-13-8)16-10-5-6-15(2)7-9(10)12;1-2/h3-4,9-10H,5-7,12H2,1-2H3;1-2H3. The molecule has 1 aromatic rings. The van der Waals surface area contributed by atoms with Gasteiger partial charge in [0.05, 0.1) is 11.7 Å². The van der Waals surface area contributed by atoms with E-state index in [0.29, 0.717) is 5.88 Å². The maximum Gasteiger partial charge on any atom is 0.233 e. The Bertz CT molecular complexity index is 341. The molecule has 1 fully saturated rings. The van der Waals surface area contributed by atoms with Crippen LogP contribution in [0.4, 0.5) is 0 Å². The molecule has 1 aromatic heterocycles. The third kappa shape index (κ3) is 4.23. The van der Waals surface area contributed by atoms with Gasteiger partial charge in [0.15, 0.2) is 0 Å². The lowest BCUT2D eigenvalue weighted by Gasteiger charge is -2.34. The van der Waals surface area contributed by atoms with Crippen molar-refractivity contribution in [2.24, 2.45) is 5.73 Å². The molecule has 5 nitrogen and oxygen atoms in total. The van der Waals surface area contributed by atoms with Gasteiger partial charge in [0.25, 0.3) is 0 Å². The van der Waals surface area contributed by atoms with E-state index in [1.165, 1.54) is 0 Å². The second-order valence-electron chi connectivity index (χ2n) is 4.38. The van der Waals surface area contributed by atoms with E-state index in [1.54, 1.807) is 0 Å². The van der Waals surface area contributed by atoms with Gasteiger partial charge in [-0.15, -0.1) is 5.10 Å². The molecule has 2 unspecified atom stereocenters. The van der Waals surface area contributed by atoms with Crippen LogP contribution in [-0.2, 0) is 0 Å². The molecule has 1 aliphatic rings. The van der Waals surface area contributed by atoms with Crippen LogP contribution in [0.5, 0.6) is 5.88 Å². The van der Waals surface area contributed by atoms with Crippen LogP contribution in [0.1, 0.15) is 26.0 Å². The smallest absolute Gasteiger partial charge is 0.233 e. The lowest BCUT2D eigenvalue weighted by Crippen LogP contribution is -2.52. The first-order valence-electron chi connectivity index (χ1n) is 6.56. The summed E-state index contributed by atoms with van der Waals surface area (Å²) in [6.07, 6.45) is 0.987. The van der Waals surface area contributed by atoms with Crippen molar-refractivity contribution in [1.82, 2.24) is 15.1 Å². The Balaban J connectivity index is 0.000000771. The van der Waals surface area contributed by atoms with Crippen molar-refractivity contribution in [3.8, 4) is 5.88 Å². The molecule has 2 heterocycles. The van der Waals surface area contributed by atoms with E-state index in [-0.39, 0.29) is 12.1 Å². The fourth-order valence-corrected chi connectivity index (χ4v) is 1.88. The van der Waals surface area contributed by atoms with Crippen LogP contribution in [0.3, 0.4) is 0 Å². The number of likely N-dealkylation sites (N-methyl/N-ethyl adjacent to an activating group) is 1. The first-order valence-corrected chi connectivity index (χ1v) is 6.56. The highest BCUT2D eigenvalue weighted by Gasteiger charge is 2.26. The van der Waals surface area contributed by atoms with Gasteiger partial charge in [-0.25, -0.2) is 0 Å². The van der Waals surface area contributed by atoms with Crippen molar-refractivity contribution in [2.75, 3.05) is 20.1 Å². The van der Waals surface area contributed by atoms with E-state index in [2.05, 4.69) is 22.1 Å². The molecule has 0 amide bonds. The summed E-state index contributed by atoms with van der Waals surface area (Å²) in [6.45, 7) is 7.78. The Morgan fingerprint density at radius 1 is 1.33 bits per heavy atom. The zero-order valence-corrected chi connectivity index (χ0v) is 11.8. The van der Waals surface area contributed by atoms with E-state index < -0.39 is 0 Å². The Morgan fingerprint density at radius 3 is 2.61 bits per heavy atom. The molecule has 0 saturated carbocycles. The van der Waals surface area contributed by atoms with Gasteiger partial charge in [-0.3, -0.25) is 0 Å². The summed E-state index contributed by atoms with van der Waals surface area (Å²) in [5.74, 6) is 0.565. The number of aromatic nitrogens is 2. The molecule has 0 spiro atoms. The van der Waals surface area contributed by atoms with Crippen molar-refractivity contribution in [1.29, 1.82) is 0 Å². The van der Waals surface area contributed by atoms with Gasteiger partial charge in [-0.05, 0) is 26.5 Å². The van der Waals surface area contributed by atoms with E-state index in [0.717, 1.165) is 25.2 Å². The minimum Gasteiger partial charge on any atom is -0.472 e. The Labute approximate surface area is 109 Å². The summed E-state index contributed by atoms with van der Waals surface area (Å²) in [5.41, 5.74) is 6.92. The minimum absolute atomic E-state index is 0.0434. The van der Waals surface area contributed by atoms with Crippen LogP contribution in [0, 0.1) is 6.92 Å². The zero-order chi connectivity index (χ0) is 13.5. The van der Waals surface area contributed by atoms with E-state index in [9.17, 15) is 0 Å². The van der Waals surface area contributed by atoms with Gasteiger partial charge in [-0.2, -0.15) is 5.10 Å². The largest absolute Gasteiger partial charge is 0.472 e. The van der Waals surface area contributed by atoms with Crippen molar-refractivity contribution < 1.29 is 4.74 Å². The summed E-state index contributed by atoms with van der Waals surface area (Å²) < 4.78 is 5.75. The van der Waals surface area contributed by atoms with Gasteiger partial charge >= 0.3 is 0 Å². The predicted molar refractivity (Wildman–Crippen MR) is 72.6 cm³/mol. The molecule has 0 aromatic carbocycles. The Kier molecular flexibility index (Phi) is 6.01. The summed E-state index contributed by atoms with van der Waals surface area (Å²) in [6, 6.07) is 3.78. The van der Waals surface area contributed by atoms with Crippen molar-refractivity contribution in [2.45, 2.75) is 39.3 Å². The van der Waals surface area contributed by atoms with Crippen LogP contribution in [-0.4, -0.2) is 47.4 Å². The summed E-state index contributed by atoms with van der Waals surface area (Å²) in [4.78, 5) is 2.21. The molecule has 1 saturated heterocycles. The van der Waals surface area contributed by atoms with Gasteiger partial charge in [-0.1, -0.05) is 13.8 Å². The number of hydrogen-bond acceptors (Lipinski definition) is 5. The fourth-order valence-electron chi connectivity index (χ4n) is 1.88. The van der Waals surface area contributed by atoms with Crippen LogP contribution in [0.15, 0.2) is 12.1 Å². The average molecular weight is 252 g/mol. The highest BCUT2D eigenvalue weighted by Crippen LogP contribution is 2.15. The maximum atomic E-state index is 6.03. The van der Waals surface area contributed by atoms with E-state index >= 15 is 0 Å². The molecule has 1 aliphatic heterocycles. The molecule has 2 N–H and O–H groups in total. The monoisotopic (exact) mass is 252 g/mol. The maximum absolute atomic E-state index is 6.03. The SMILES string of the molecule is CC.Cc1ccc(OC2CCN(C)CC2N)nn1.